The number of methoxy groups -OCH3 is 1. The Hall–Kier alpha value is -2.40. The standard InChI is InChI=1S/C26H35ClF3N3O2.O2S/c1-5-12-33-24(20-11-10-19(14-21(20)35-4)13-17(3)26(28,29)30)22(27)23(32-33)25(34)31-15-18-8-6-16(2)7-9-18;1-3-2/h10-11,14,16-18H,5-9,12-13,15H2,1-4H3,(H,31,34);/t16?,17-,18?;/m0./s1. The zero-order valence-electron chi connectivity index (χ0n) is 22.1. The molecular formula is C26H35ClF3N3O4S. The van der Waals surface area contributed by atoms with Crippen LogP contribution in [0.15, 0.2) is 18.2 Å². The first-order chi connectivity index (χ1) is 18.0. The summed E-state index contributed by atoms with van der Waals surface area (Å²) >= 11 is 5.95. The number of alkyl halides is 3. The Morgan fingerprint density at radius 3 is 2.45 bits per heavy atom. The van der Waals surface area contributed by atoms with Gasteiger partial charge in [-0.15, -0.1) is 0 Å². The lowest BCUT2D eigenvalue weighted by atomic mass is 9.83. The number of hydrogen-bond donors (Lipinski definition) is 1. The number of nitrogens with one attached hydrogen (secondary N) is 1. The number of carbonyl (C=O) groups is 1. The maximum Gasteiger partial charge on any atom is 0.391 e. The van der Waals surface area contributed by atoms with E-state index < -0.39 is 23.7 Å². The predicted octanol–water partition coefficient (Wildman–Crippen LogP) is 6.25. The Morgan fingerprint density at radius 1 is 1.26 bits per heavy atom. The second kappa shape index (κ2) is 14.7. The van der Waals surface area contributed by atoms with Gasteiger partial charge in [0.25, 0.3) is 5.91 Å². The molecule has 1 atom stereocenters. The highest BCUT2D eigenvalue weighted by atomic mass is 35.5. The number of ether oxygens (including phenoxy) is 1. The number of hydrogen-bond acceptors (Lipinski definition) is 5. The van der Waals surface area contributed by atoms with Gasteiger partial charge >= 0.3 is 17.7 Å². The third-order valence-corrected chi connectivity index (χ3v) is 7.21. The lowest BCUT2D eigenvalue weighted by molar-refractivity contribution is -0.169. The molecule has 3 rings (SSSR count). The molecule has 0 radical (unpaired) electrons. The van der Waals surface area contributed by atoms with Crippen LogP contribution in [0.1, 0.15) is 68.9 Å². The van der Waals surface area contributed by atoms with Gasteiger partial charge in [0.05, 0.1) is 23.7 Å². The Bertz CT molecular complexity index is 1110. The van der Waals surface area contributed by atoms with Gasteiger partial charge in [-0.2, -0.15) is 26.7 Å². The van der Waals surface area contributed by atoms with E-state index >= 15 is 0 Å². The molecule has 12 heteroatoms. The number of halogens is 4. The van der Waals surface area contributed by atoms with Gasteiger partial charge in [0.15, 0.2) is 5.69 Å². The fraction of sp³-hybridized carbons (Fsp3) is 0.615. The molecule has 1 amide bonds. The van der Waals surface area contributed by atoms with Crippen LogP contribution in [0, 0.1) is 17.8 Å². The van der Waals surface area contributed by atoms with E-state index in [4.69, 9.17) is 24.8 Å². The van der Waals surface area contributed by atoms with Crippen LogP contribution < -0.4 is 10.1 Å². The SMILES string of the molecule is CCCn1nc(C(=O)NCC2CCC(C)CC2)c(Cl)c1-c1ccc(C[C@H](C)C(F)(F)F)cc1OC.O=S=O. The fourth-order valence-electron chi connectivity index (χ4n) is 4.60. The summed E-state index contributed by atoms with van der Waals surface area (Å²) in [6.45, 7) is 6.52. The summed E-state index contributed by atoms with van der Waals surface area (Å²) in [5.74, 6) is -0.215. The molecule has 0 unspecified atom stereocenters. The van der Waals surface area contributed by atoms with Gasteiger partial charge in [-0.1, -0.05) is 51.3 Å². The Balaban J connectivity index is 0.00000161. The molecule has 212 valence electrons. The summed E-state index contributed by atoms with van der Waals surface area (Å²) in [4.78, 5) is 13.0. The maximum absolute atomic E-state index is 13.0. The highest BCUT2D eigenvalue weighted by Crippen LogP contribution is 2.39. The molecule has 7 nitrogen and oxygen atoms in total. The minimum absolute atomic E-state index is 0.149. The third-order valence-electron chi connectivity index (χ3n) is 6.85. The summed E-state index contributed by atoms with van der Waals surface area (Å²) in [7, 11) is 1.46. The fourth-order valence-corrected chi connectivity index (χ4v) is 4.92. The Kier molecular flexibility index (Phi) is 12.3. The van der Waals surface area contributed by atoms with Gasteiger partial charge in [0, 0.05) is 18.7 Å². The molecule has 1 heterocycles. The zero-order valence-corrected chi connectivity index (χ0v) is 23.6. The van der Waals surface area contributed by atoms with Gasteiger partial charge in [-0.25, -0.2) is 0 Å². The first kappa shape index (κ1) is 31.8. The molecule has 1 aliphatic carbocycles. The lowest BCUT2D eigenvalue weighted by Crippen LogP contribution is -2.31. The van der Waals surface area contributed by atoms with Crippen LogP contribution in [-0.4, -0.2) is 43.9 Å². The van der Waals surface area contributed by atoms with E-state index in [9.17, 15) is 18.0 Å². The largest absolute Gasteiger partial charge is 0.496 e. The van der Waals surface area contributed by atoms with Crippen molar-refractivity contribution in [2.75, 3.05) is 13.7 Å². The Morgan fingerprint density at radius 2 is 1.89 bits per heavy atom. The normalized spacial score (nSPS) is 18.2. The smallest absolute Gasteiger partial charge is 0.391 e. The van der Waals surface area contributed by atoms with E-state index in [2.05, 4.69) is 17.3 Å². The first-order valence-electron chi connectivity index (χ1n) is 12.7. The molecule has 0 aliphatic heterocycles. The second-order valence-corrected chi connectivity index (χ2v) is 10.3. The molecule has 0 saturated heterocycles. The van der Waals surface area contributed by atoms with Crippen molar-refractivity contribution >= 4 is 29.1 Å². The van der Waals surface area contributed by atoms with Crippen LogP contribution in [0.3, 0.4) is 0 Å². The van der Waals surface area contributed by atoms with E-state index in [1.165, 1.54) is 20.0 Å². The lowest BCUT2D eigenvalue weighted by Gasteiger charge is -2.26. The van der Waals surface area contributed by atoms with Crippen molar-refractivity contribution in [1.82, 2.24) is 15.1 Å². The molecule has 0 spiro atoms. The Labute approximate surface area is 230 Å². The van der Waals surface area contributed by atoms with E-state index in [0.717, 1.165) is 32.1 Å². The van der Waals surface area contributed by atoms with Gasteiger partial charge in [0.1, 0.15) is 5.75 Å². The van der Waals surface area contributed by atoms with E-state index in [-0.39, 0.29) is 23.0 Å². The van der Waals surface area contributed by atoms with Crippen molar-refractivity contribution in [3.63, 3.8) is 0 Å². The molecule has 1 aliphatic rings. The van der Waals surface area contributed by atoms with E-state index in [0.29, 0.717) is 41.6 Å². The molecule has 1 N–H and O–H groups in total. The van der Waals surface area contributed by atoms with E-state index in [1.807, 2.05) is 6.92 Å². The van der Waals surface area contributed by atoms with Crippen LogP contribution >= 0.6 is 11.6 Å². The molecule has 2 aromatic rings. The number of aromatic nitrogens is 2. The van der Waals surface area contributed by atoms with Crippen LogP contribution in [0.4, 0.5) is 13.2 Å². The monoisotopic (exact) mass is 577 g/mol. The average Bonchev–Trinajstić information content (AvgIpc) is 3.19. The van der Waals surface area contributed by atoms with Crippen molar-refractivity contribution < 1.29 is 31.1 Å². The molecule has 1 aromatic heterocycles. The number of amides is 1. The van der Waals surface area contributed by atoms with Crippen LogP contribution in [0.2, 0.25) is 5.02 Å². The average molecular weight is 578 g/mol. The number of aryl methyl sites for hydroxylation is 1. The molecule has 1 aromatic carbocycles. The molecule has 1 fully saturated rings. The van der Waals surface area contributed by atoms with Gasteiger partial charge < -0.3 is 10.1 Å². The van der Waals surface area contributed by atoms with Gasteiger partial charge in [-0.05, 0) is 55.2 Å². The number of rotatable bonds is 9. The minimum Gasteiger partial charge on any atom is -0.496 e. The third kappa shape index (κ3) is 8.56. The van der Waals surface area contributed by atoms with Gasteiger partial charge in [-0.3, -0.25) is 9.48 Å². The van der Waals surface area contributed by atoms with Crippen LogP contribution in [0.25, 0.3) is 11.3 Å². The van der Waals surface area contributed by atoms with Crippen molar-refractivity contribution in [3.8, 4) is 17.0 Å². The maximum atomic E-state index is 13.0. The highest BCUT2D eigenvalue weighted by molar-refractivity contribution is 7.51. The highest BCUT2D eigenvalue weighted by Gasteiger charge is 2.36. The van der Waals surface area contributed by atoms with Crippen LogP contribution in [0.5, 0.6) is 5.75 Å². The second-order valence-electron chi connectivity index (χ2n) is 9.82. The first-order valence-corrected chi connectivity index (χ1v) is 13.7. The van der Waals surface area contributed by atoms with Crippen molar-refractivity contribution in [3.05, 3.63) is 34.5 Å². The number of carbonyl (C=O) groups excluding carboxylic acids is 1. The van der Waals surface area contributed by atoms with Crippen molar-refractivity contribution in [1.29, 1.82) is 0 Å². The molecular weight excluding hydrogens is 543 g/mol. The summed E-state index contributed by atoms with van der Waals surface area (Å²) in [6.07, 6.45) is 0.878. The van der Waals surface area contributed by atoms with Gasteiger partial charge in [0.2, 0.25) is 0 Å². The van der Waals surface area contributed by atoms with Crippen molar-refractivity contribution in [2.45, 2.75) is 72.0 Å². The summed E-state index contributed by atoms with van der Waals surface area (Å²) in [6, 6.07) is 4.93. The van der Waals surface area contributed by atoms with Crippen LogP contribution in [-0.2, 0) is 24.5 Å². The molecule has 38 heavy (non-hydrogen) atoms. The molecule has 1 saturated carbocycles. The summed E-state index contributed by atoms with van der Waals surface area (Å²) in [5.41, 5.74) is 1.77. The summed E-state index contributed by atoms with van der Waals surface area (Å²) < 4.78 is 62.9. The topological polar surface area (TPSA) is 90.3 Å². The predicted molar refractivity (Wildman–Crippen MR) is 141 cm³/mol. The minimum atomic E-state index is -4.27. The quantitative estimate of drug-likeness (QED) is 0.380. The number of nitrogens with zero attached hydrogens (tertiary/aromatic N) is 2. The summed E-state index contributed by atoms with van der Waals surface area (Å²) in [5, 5.41) is 7.70. The number of benzene rings is 1. The molecule has 0 bridgehead atoms. The van der Waals surface area contributed by atoms with E-state index in [1.54, 1.807) is 22.9 Å². The zero-order chi connectivity index (χ0) is 28.5. The van der Waals surface area contributed by atoms with Crippen molar-refractivity contribution in [2.24, 2.45) is 17.8 Å².